The lowest BCUT2D eigenvalue weighted by Gasteiger charge is -2.26. The van der Waals surface area contributed by atoms with Gasteiger partial charge in [-0.05, 0) is 50.3 Å². The molecule has 0 aromatic heterocycles. The largest absolute Gasteiger partial charge is 0.491 e. The Bertz CT molecular complexity index is 502. The van der Waals surface area contributed by atoms with Gasteiger partial charge in [-0.2, -0.15) is 0 Å². The molecule has 0 radical (unpaired) electrons. The fourth-order valence-corrected chi connectivity index (χ4v) is 2.67. The van der Waals surface area contributed by atoms with Crippen LogP contribution in [0.3, 0.4) is 0 Å². The summed E-state index contributed by atoms with van der Waals surface area (Å²) in [4.78, 5) is 12.1. The van der Waals surface area contributed by atoms with Crippen LogP contribution >= 0.6 is 11.6 Å². The first kappa shape index (κ1) is 16.9. The zero-order valence-corrected chi connectivity index (χ0v) is 13.5. The third-order valence-electron chi connectivity index (χ3n) is 3.68. The highest BCUT2D eigenvalue weighted by atomic mass is 35.5. The van der Waals surface area contributed by atoms with Gasteiger partial charge >= 0.3 is 6.03 Å². The summed E-state index contributed by atoms with van der Waals surface area (Å²) >= 11 is 5.99. The van der Waals surface area contributed by atoms with Gasteiger partial charge in [-0.25, -0.2) is 4.79 Å². The molecule has 0 saturated heterocycles. The number of aliphatic hydroxyl groups is 1. The van der Waals surface area contributed by atoms with Crippen molar-refractivity contribution in [1.29, 1.82) is 0 Å². The van der Waals surface area contributed by atoms with Crippen LogP contribution in [-0.4, -0.2) is 29.9 Å². The van der Waals surface area contributed by atoms with E-state index in [4.69, 9.17) is 16.3 Å². The molecule has 5 nitrogen and oxygen atoms in total. The number of amides is 2. The van der Waals surface area contributed by atoms with E-state index in [0.29, 0.717) is 23.1 Å². The van der Waals surface area contributed by atoms with Gasteiger partial charge in [-0.1, -0.05) is 18.5 Å². The zero-order chi connectivity index (χ0) is 15.9. The number of carbonyl (C=O) groups is 1. The second-order valence-corrected chi connectivity index (χ2v) is 6.03. The fourth-order valence-electron chi connectivity index (χ4n) is 2.50. The Balaban J connectivity index is 1.94. The average molecular weight is 327 g/mol. The molecule has 2 amide bonds. The van der Waals surface area contributed by atoms with Crippen LogP contribution in [0.1, 0.15) is 39.0 Å². The third kappa shape index (κ3) is 5.07. The molecule has 1 aromatic carbocycles. The Labute approximate surface area is 136 Å². The number of hydrogen-bond acceptors (Lipinski definition) is 3. The summed E-state index contributed by atoms with van der Waals surface area (Å²) in [6, 6.07) is 4.99. The first-order valence-corrected chi connectivity index (χ1v) is 8.14. The van der Waals surface area contributed by atoms with Crippen molar-refractivity contribution in [1.82, 2.24) is 5.32 Å². The molecule has 0 heterocycles. The highest BCUT2D eigenvalue weighted by molar-refractivity contribution is 6.31. The van der Waals surface area contributed by atoms with E-state index >= 15 is 0 Å². The van der Waals surface area contributed by atoms with E-state index in [1.807, 2.05) is 6.92 Å². The number of ether oxygens (including phenoxy) is 1. The first-order chi connectivity index (χ1) is 10.6. The van der Waals surface area contributed by atoms with Crippen molar-refractivity contribution in [2.45, 2.75) is 51.2 Å². The standard InChI is InChI=1S/C16H23ClN2O3/c1-2-9-22-15-8-3-11(17)10-14(15)19-16(21)18-12-4-6-13(20)7-5-12/h3,8,10,12-13,20H,2,4-7,9H2,1H3,(H2,18,19,21). The summed E-state index contributed by atoms with van der Waals surface area (Å²) < 4.78 is 5.61. The number of halogens is 1. The number of anilines is 1. The number of hydrogen-bond donors (Lipinski definition) is 3. The topological polar surface area (TPSA) is 70.6 Å². The molecule has 6 heteroatoms. The van der Waals surface area contributed by atoms with E-state index in [1.165, 1.54) is 0 Å². The molecule has 0 unspecified atom stereocenters. The maximum Gasteiger partial charge on any atom is 0.319 e. The molecule has 3 N–H and O–H groups in total. The number of benzene rings is 1. The van der Waals surface area contributed by atoms with Crippen LogP contribution in [0.2, 0.25) is 5.02 Å². The number of carbonyl (C=O) groups excluding carboxylic acids is 1. The quantitative estimate of drug-likeness (QED) is 0.775. The lowest BCUT2D eigenvalue weighted by Crippen LogP contribution is -2.40. The van der Waals surface area contributed by atoms with Crippen molar-refractivity contribution in [3.63, 3.8) is 0 Å². The molecule has 0 aliphatic heterocycles. The minimum atomic E-state index is -0.273. The predicted molar refractivity (Wildman–Crippen MR) is 87.7 cm³/mol. The van der Waals surface area contributed by atoms with Crippen molar-refractivity contribution >= 4 is 23.3 Å². The van der Waals surface area contributed by atoms with Gasteiger partial charge in [0.05, 0.1) is 18.4 Å². The van der Waals surface area contributed by atoms with Crippen LogP contribution in [0.15, 0.2) is 18.2 Å². The molecular formula is C16H23ClN2O3. The predicted octanol–water partition coefficient (Wildman–Crippen LogP) is 3.55. The van der Waals surface area contributed by atoms with Crippen molar-refractivity contribution in [2.24, 2.45) is 0 Å². The summed E-state index contributed by atoms with van der Waals surface area (Å²) in [5.41, 5.74) is 0.564. The molecule has 1 aliphatic carbocycles. The smallest absolute Gasteiger partial charge is 0.319 e. The van der Waals surface area contributed by atoms with Crippen LogP contribution in [0.5, 0.6) is 5.75 Å². The number of aliphatic hydroxyl groups excluding tert-OH is 1. The molecule has 122 valence electrons. The van der Waals surface area contributed by atoms with E-state index in [-0.39, 0.29) is 18.2 Å². The minimum Gasteiger partial charge on any atom is -0.491 e. The van der Waals surface area contributed by atoms with Crippen LogP contribution in [-0.2, 0) is 0 Å². The summed E-state index contributed by atoms with van der Waals surface area (Å²) in [6.07, 6.45) is 3.70. The summed E-state index contributed by atoms with van der Waals surface area (Å²) in [5, 5.41) is 15.8. The van der Waals surface area contributed by atoms with Crippen LogP contribution in [0.4, 0.5) is 10.5 Å². The van der Waals surface area contributed by atoms with Gasteiger partial charge < -0.3 is 20.5 Å². The second-order valence-electron chi connectivity index (χ2n) is 5.59. The van der Waals surface area contributed by atoms with Gasteiger partial charge in [0.25, 0.3) is 0 Å². The molecule has 22 heavy (non-hydrogen) atoms. The summed E-state index contributed by atoms with van der Waals surface area (Å²) in [5.74, 6) is 0.612. The SMILES string of the molecule is CCCOc1ccc(Cl)cc1NC(=O)NC1CCC(O)CC1. The molecule has 0 atom stereocenters. The van der Waals surface area contributed by atoms with E-state index < -0.39 is 0 Å². The zero-order valence-electron chi connectivity index (χ0n) is 12.8. The Kier molecular flexibility index (Phi) is 6.34. The van der Waals surface area contributed by atoms with Gasteiger partial charge in [-0.15, -0.1) is 0 Å². The van der Waals surface area contributed by atoms with Crippen LogP contribution in [0, 0.1) is 0 Å². The molecular weight excluding hydrogens is 304 g/mol. The summed E-state index contributed by atoms with van der Waals surface area (Å²) in [6.45, 7) is 2.60. The van der Waals surface area contributed by atoms with Crippen molar-refractivity contribution < 1.29 is 14.6 Å². The molecule has 0 bridgehead atoms. The van der Waals surface area contributed by atoms with E-state index in [0.717, 1.165) is 32.1 Å². The third-order valence-corrected chi connectivity index (χ3v) is 3.92. The van der Waals surface area contributed by atoms with Crippen molar-refractivity contribution in [2.75, 3.05) is 11.9 Å². The Morgan fingerprint density at radius 3 is 2.77 bits per heavy atom. The second kappa shape index (κ2) is 8.25. The molecule has 0 spiro atoms. The Morgan fingerprint density at radius 2 is 2.09 bits per heavy atom. The maximum absolute atomic E-state index is 12.1. The molecule has 1 saturated carbocycles. The van der Waals surface area contributed by atoms with Gasteiger partial charge in [0.1, 0.15) is 5.75 Å². The monoisotopic (exact) mass is 326 g/mol. The maximum atomic E-state index is 12.1. The molecule has 2 rings (SSSR count). The summed E-state index contributed by atoms with van der Waals surface area (Å²) in [7, 11) is 0. The normalized spacial score (nSPS) is 21.2. The van der Waals surface area contributed by atoms with Gasteiger partial charge in [0, 0.05) is 11.1 Å². The lowest BCUT2D eigenvalue weighted by molar-refractivity contribution is 0.118. The van der Waals surface area contributed by atoms with E-state index in [9.17, 15) is 9.90 Å². The van der Waals surface area contributed by atoms with Crippen molar-refractivity contribution in [3.8, 4) is 5.75 Å². The van der Waals surface area contributed by atoms with Crippen LogP contribution < -0.4 is 15.4 Å². The Morgan fingerprint density at radius 1 is 1.36 bits per heavy atom. The average Bonchev–Trinajstić information content (AvgIpc) is 2.49. The van der Waals surface area contributed by atoms with Crippen molar-refractivity contribution in [3.05, 3.63) is 23.2 Å². The van der Waals surface area contributed by atoms with Gasteiger partial charge in [-0.3, -0.25) is 0 Å². The van der Waals surface area contributed by atoms with E-state index in [1.54, 1.807) is 18.2 Å². The van der Waals surface area contributed by atoms with Crippen LogP contribution in [0.25, 0.3) is 0 Å². The minimum absolute atomic E-state index is 0.0996. The lowest BCUT2D eigenvalue weighted by atomic mass is 9.93. The number of nitrogens with one attached hydrogen (secondary N) is 2. The van der Waals surface area contributed by atoms with Gasteiger partial charge in [0.2, 0.25) is 0 Å². The highest BCUT2D eigenvalue weighted by Crippen LogP contribution is 2.28. The first-order valence-electron chi connectivity index (χ1n) is 7.76. The van der Waals surface area contributed by atoms with E-state index in [2.05, 4.69) is 10.6 Å². The molecule has 1 aromatic rings. The van der Waals surface area contributed by atoms with Gasteiger partial charge in [0.15, 0.2) is 0 Å². The number of rotatable bonds is 5. The number of urea groups is 1. The molecule has 1 fully saturated rings. The fraction of sp³-hybridized carbons (Fsp3) is 0.562. The molecule has 1 aliphatic rings. The highest BCUT2D eigenvalue weighted by Gasteiger charge is 2.21. The Hall–Kier alpha value is -1.46.